The number of amides is 5. The number of anilines is 1. The SMILES string of the molecule is CCc1ccc(C[C@@H](NC(=O)N2CCC(N3CCc4ccccc4NC3=O)CC2)C(=O)NCCCCCNC)cc1CC. The van der Waals surface area contributed by atoms with E-state index in [1.807, 2.05) is 30.1 Å². The fraction of sp³-hybridized carbons (Fsp3) is 0.559. The number of urea groups is 2. The van der Waals surface area contributed by atoms with Crippen molar-refractivity contribution >= 4 is 23.7 Å². The summed E-state index contributed by atoms with van der Waals surface area (Å²) in [4.78, 5) is 43.5. The van der Waals surface area contributed by atoms with Crippen molar-refractivity contribution in [3.63, 3.8) is 0 Å². The fourth-order valence-corrected chi connectivity index (χ4v) is 6.22. The third-order valence-electron chi connectivity index (χ3n) is 8.82. The standard InChI is InChI=1S/C34H50N6O3/c1-4-26-14-13-25(23-27(26)5-2)24-31(32(41)36-19-10-6-9-18-35-3)38-33(42)39-20-16-29(17-21-39)40-22-15-28-11-7-8-12-30(28)37-34(40)43/h7-8,11-14,23,29,31,35H,4-6,9-10,15-22,24H2,1-3H3,(H,36,41)(H,37,43)(H,38,42)/t31-/m1/s1. The topological polar surface area (TPSA) is 106 Å². The number of benzene rings is 2. The van der Waals surface area contributed by atoms with Gasteiger partial charge in [-0.15, -0.1) is 0 Å². The van der Waals surface area contributed by atoms with Crippen LogP contribution in [0.2, 0.25) is 0 Å². The second-order valence-corrected chi connectivity index (χ2v) is 11.7. The van der Waals surface area contributed by atoms with Crippen LogP contribution >= 0.6 is 0 Å². The minimum atomic E-state index is -0.658. The van der Waals surface area contributed by atoms with Crippen LogP contribution in [0.15, 0.2) is 42.5 Å². The number of likely N-dealkylation sites (tertiary alicyclic amines) is 1. The predicted octanol–water partition coefficient (Wildman–Crippen LogP) is 4.49. The Morgan fingerprint density at radius 2 is 1.70 bits per heavy atom. The van der Waals surface area contributed by atoms with Gasteiger partial charge in [-0.3, -0.25) is 4.79 Å². The largest absolute Gasteiger partial charge is 0.354 e. The second kappa shape index (κ2) is 16.3. The summed E-state index contributed by atoms with van der Waals surface area (Å²) in [6.07, 6.45) is 7.58. The summed E-state index contributed by atoms with van der Waals surface area (Å²) < 4.78 is 0. The lowest BCUT2D eigenvalue weighted by atomic mass is 9.96. The number of rotatable bonds is 13. The van der Waals surface area contributed by atoms with E-state index in [1.54, 1.807) is 4.90 Å². The molecule has 0 bridgehead atoms. The highest BCUT2D eigenvalue weighted by Crippen LogP contribution is 2.24. The van der Waals surface area contributed by atoms with Crippen molar-refractivity contribution in [3.05, 3.63) is 64.7 Å². The van der Waals surface area contributed by atoms with Gasteiger partial charge in [0.2, 0.25) is 5.91 Å². The number of piperidine rings is 1. The Bertz CT molecular complexity index is 1230. The highest BCUT2D eigenvalue weighted by atomic mass is 16.2. The number of hydrogen-bond acceptors (Lipinski definition) is 4. The number of carbonyl (C=O) groups is 3. The van der Waals surface area contributed by atoms with Gasteiger partial charge in [0.25, 0.3) is 0 Å². The van der Waals surface area contributed by atoms with Gasteiger partial charge in [0.1, 0.15) is 6.04 Å². The number of carbonyl (C=O) groups excluding carboxylic acids is 3. The molecule has 5 amide bonds. The number of nitrogens with one attached hydrogen (secondary N) is 4. The Morgan fingerprint density at radius 1 is 0.953 bits per heavy atom. The van der Waals surface area contributed by atoms with E-state index in [1.165, 1.54) is 11.1 Å². The molecule has 1 fully saturated rings. The number of hydrogen-bond donors (Lipinski definition) is 4. The first kappa shape index (κ1) is 32.3. The molecular weight excluding hydrogens is 540 g/mol. The number of fused-ring (bicyclic) bond motifs is 1. The van der Waals surface area contributed by atoms with Crippen LogP contribution in [-0.2, 0) is 30.5 Å². The van der Waals surface area contributed by atoms with Crippen molar-refractivity contribution in [3.8, 4) is 0 Å². The Morgan fingerprint density at radius 3 is 2.44 bits per heavy atom. The number of para-hydroxylation sites is 1. The van der Waals surface area contributed by atoms with Crippen LogP contribution in [0.4, 0.5) is 15.3 Å². The molecule has 2 aliphatic rings. The molecule has 2 aromatic carbocycles. The average molecular weight is 591 g/mol. The van der Waals surface area contributed by atoms with Crippen molar-refractivity contribution < 1.29 is 14.4 Å². The lowest BCUT2D eigenvalue weighted by Gasteiger charge is -2.38. The fourth-order valence-electron chi connectivity index (χ4n) is 6.22. The smallest absolute Gasteiger partial charge is 0.322 e. The summed E-state index contributed by atoms with van der Waals surface area (Å²) >= 11 is 0. The number of aryl methyl sites for hydroxylation is 2. The zero-order chi connectivity index (χ0) is 30.6. The summed E-state index contributed by atoms with van der Waals surface area (Å²) in [5.41, 5.74) is 5.69. The zero-order valence-corrected chi connectivity index (χ0v) is 26.2. The van der Waals surface area contributed by atoms with E-state index in [9.17, 15) is 14.4 Å². The van der Waals surface area contributed by atoms with Crippen molar-refractivity contribution in [2.24, 2.45) is 0 Å². The van der Waals surface area contributed by atoms with Crippen molar-refractivity contribution in [2.45, 2.75) is 83.7 Å². The van der Waals surface area contributed by atoms with Gasteiger partial charge in [-0.1, -0.05) is 56.7 Å². The van der Waals surface area contributed by atoms with E-state index in [2.05, 4.69) is 59.4 Å². The Hall–Kier alpha value is -3.59. The normalized spacial score (nSPS) is 16.2. The van der Waals surface area contributed by atoms with Gasteiger partial charge in [-0.05, 0) is 86.9 Å². The highest BCUT2D eigenvalue weighted by Gasteiger charge is 2.32. The Kier molecular flexibility index (Phi) is 12.3. The molecule has 234 valence electrons. The number of unbranched alkanes of at least 4 members (excludes halogenated alkanes) is 2. The summed E-state index contributed by atoms with van der Waals surface area (Å²) in [6, 6.07) is 13.5. The average Bonchev–Trinajstić information content (AvgIpc) is 3.20. The van der Waals surface area contributed by atoms with Gasteiger partial charge in [0.15, 0.2) is 0 Å². The maximum atomic E-state index is 13.5. The molecule has 9 heteroatoms. The van der Waals surface area contributed by atoms with Crippen molar-refractivity contribution in [2.75, 3.05) is 45.1 Å². The summed E-state index contributed by atoms with van der Waals surface area (Å²) in [5.74, 6) is -0.143. The first-order chi connectivity index (χ1) is 20.9. The minimum Gasteiger partial charge on any atom is -0.354 e. The molecular formula is C34H50N6O3. The Labute approximate surface area is 257 Å². The van der Waals surface area contributed by atoms with Gasteiger partial charge in [-0.2, -0.15) is 0 Å². The van der Waals surface area contributed by atoms with Gasteiger partial charge in [0.05, 0.1) is 0 Å². The first-order valence-electron chi connectivity index (χ1n) is 16.2. The lowest BCUT2D eigenvalue weighted by Crippen LogP contribution is -2.55. The van der Waals surface area contributed by atoms with Crippen LogP contribution in [0.5, 0.6) is 0 Å². The number of nitrogens with zero attached hydrogens (tertiary/aromatic N) is 2. The first-order valence-corrected chi connectivity index (χ1v) is 16.2. The van der Waals surface area contributed by atoms with Crippen LogP contribution < -0.4 is 21.3 Å². The summed E-state index contributed by atoms with van der Waals surface area (Å²) in [6.45, 7) is 7.60. The summed E-state index contributed by atoms with van der Waals surface area (Å²) in [7, 11) is 1.94. The molecule has 0 saturated carbocycles. The molecule has 0 spiro atoms. The molecule has 0 radical (unpaired) electrons. The van der Waals surface area contributed by atoms with Crippen LogP contribution in [-0.4, -0.2) is 79.6 Å². The summed E-state index contributed by atoms with van der Waals surface area (Å²) in [5, 5.41) is 12.3. The molecule has 2 aromatic rings. The molecule has 2 aliphatic heterocycles. The second-order valence-electron chi connectivity index (χ2n) is 11.7. The van der Waals surface area contributed by atoms with E-state index < -0.39 is 6.04 Å². The van der Waals surface area contributed by atoms with Crippen molar-refractivity contribution in [1.82, 2.24) is 25.8 Å². The molecule has 9 nitrogen and oxygen atoms in total. The molecule has 4 rings (SSSR count). The predicted molar refractivity (Wildman–Crippen MR) is 172 cm³/mol. The molecule has 0 aliphatic carbocycles. The third kappa shape index (κ3) is 8.95. The third-order valence-corrected chi connectivity index (χ3v) is 8.82. The van der Waals surface area contributed by atoms with Gasteiger partial charge in [0, 0.05) is 44.3 Å². The minimum absolute atomic E-state index is 0.0731. The van der Waals surface area contributed by atoms with Crippen LogP contribution in [0.1, 0.15) is 68.2 Å². The maximum Gasteiger partial charge on any atom is 0.322 e. The maximum absolute atomic E-state index is 13.5. The van der Waals surface area contributed by atoms with E-state index >= 15 is 0 Å². The lowest BCUT2D eigenvalue weighted by molar-refractivity contribution is -0.123. The molecule has 0 unspecified atom stereocenters. The van der Waals surface area contributed by atoms with Gasteiger partial charge >= 0.3 is 12.1 Å². The van der Waals surface area contributed by atoms with Crippen LogP contribution in [0.25, 0.3) is 0 Å². The molecule has 2 heterocycles. The quantitative estimate of drug-likeness (QED) is 0.258. The molecule has 1 atom stereocenters. The molecule has 0 aromatic heterocycles. The molecule has 1 saturated heterocycles. The van der Waals surface area contributed by atoms with E-state index in [0.717, 1.165) is 61.9 Å². The van der Waals surface area contributed by atoms with Gasteiger partial charge in [-0.25, -0.2) is 9.59 Å². The molecule has 4 N–H and O–H groups in total. The van der Waals surface area contributed by atoms with E-state index in [4.69, 9.17) is 0 Å². The van der Waals surface area contributed by atoms with E-state index in [0.29, 0.717) is 45.4 Å². The van der Waals surface area contributed by atoms with Crippen LogP contribution in [0.3, 0.4) is 0 Å². The molecule has 43 heavy (non-hydrogen) atoms. The Balaban J connectivity index is 1.35. The van der Waals surface area contributed by atoms with Gasteiger partial charge < -0.3 is 31.1 Å². The monoisotopic (exact) mass is 590 g/mol. The van der Waals surface area contributed by atoms with E-state index in [-0.39, 0.29) is 24.0 Å². The zero-order valence-electron chi connectivity index (χ0n) is 26.2. The highest BCUT2D eigenvalue weighted by molar-refractivity contribution is 5.91. The van der Waals surface area contributed by atoms with Crippen molar-refractivity contribution in [1.29, 1.82) is 0 Å². The van der Waals surface area contributed by atoms with Crippen LogP contribution in [0, 0.1) is 0 Å².